The molecule has 3 rings (SSSR count). The molecular formula is C23H22N2O3. The highest BCUT2D eigenvalue weighted by Crippen LogP contribution is 2.10. The molecule has 5 nitrogen and oxygen atoms in total. The Morgan fingerprint density at radius 3 is 2.57 bits per heavy atom. The molecular weight excluding hydrogens is 352 g/mol. The van der Waals surface area contributed by atoms with Crippen molar-refractivity contribution in [3.05, 3.63) is 94.9 Å². The monoisotopic (exact) mass is 374 g/mol. The van der Waals surface area contributed by atoms with E-state index in [-0.39, 0.29) is 5.91 Å². The smallest absolute Gasteiger partial charge is 0.220 e. The average Bonchev–Trinajstić information content (AvgIpc) is 3.25. The van der Waals surface area contributed by atoms with E-state index in [2.05, 4.69) is 11.4 Å². The lowest BCUT2D eigenvalue weighted by atomic mass is 10.1. The molecule has 0 saturated carbocycles. The van der Waals surface area contributed by atoms with Crippen LogP contribution in [0.4, 0.5) is 0 Å². The maximum absolute atomic E-state index is 12.1. The van der Waals surface area contributed by atoms with Gasteiger partial charge in [0.2, 0.25) is 5.91 Å². The number of nitrogens with zero attached hydrogens (tertiary/aromatic N) is 1. The molecule has 142 valence electrons. The summed E-state index contributed by atoms with van der Waals surface area (Å²) < 4.78 is 10.9. The highest BCUT2D eigenvalue weighted by molar-refractivity contribution is 5.76. The van der Waals surface area contributed by atoms with Crippen molar-refractivity contribution < 1.29 is 13.9 Å². The Labute approximate surface area is 164 Å². The maximum Gasteiger partial charge on any atom is 0.220 e. The predicted molar refractivity (Wildman–Crippen MR) is 105 cm³/mol. The van der Waals surface area contributed by atoms with Crippen LogP contribution < -0.4 is 5.32 Å². The van der Waals surface area contributed by atoms with Gasteiger partial charge in [-0.2, -0.15) is 5.26 Å². The van der Waals surface area contributed by atoms with Gasteiger partial charge < -0.3 is 14.5 Å². The van der Waals surface area contributed by atoms with Crippen LogP contribution in [-0.2, 0) is 35.7 Å². The summed E-state index contributed by atoms with van der Waals surface area (Å²) in [4.78, 5) is 12.1. The number of ether oxygens (including phenoxy) is 1. The number of carbonyl (C=O) groups is 1. The molecule has 0 saturated heterocycles. The summed E-state index contributed by atoms with van der Waals surface area (Å²) in [6, 6.07) is 21.1. The van der Waals surface area contributed by atoms with E-state index in [0.717, 1.165) is 22.5 Å². The van der Waals surface area contributed by atoms with Crippen LogP contribution in [0.5, 0.6) is 0 Å². The molecule has 0 aliphatic carbocycles. The number of hydrogen-bond acceptors (Lipinski definition) is 4. The van der Waals surface area contributed by atoms with Crippen molar-refractivity contribution >= 4 is 5.91 Å². The van der Waals surface area contributed by atoms with Crippen molar-refractivity contribution in [2.24, 2.45) is 0 Å². The van der Waals surface area contributed by atoms with Crippen LogP contribution in [0.15, 0.2) is 71.3 Å². The molecule has 0 atom stereocenters. The minimum absolute atomic E-state index is 0.00355. The Balaban J connectivity index is 1.40. The van der Waals surface area contributed by atoms with E-state index in [1.54, 1.807) is 18.4 Å². The lowest BCUT2D eigenvalue weighted by Crippen LogP contribution is -2.23. The Morgan fingerprint density at radius 2 is 1.82 bits per heavy atom. The number of aryl methyl sites for hydroxylation is 1. The SMILES string of the molecule is N#Cc1ccc(CCC(=O)NCc2cccc(COCc3ccco3)c2)cc1. The van der Waals surface area contributed by atoms with Crippen LogP contribution in [0.1, 0.15) is 34.4 Å². The van der Waals surface area contributed by atoms with Gasteiger partial charge in [0.25, 0.3) is 0 Å². The van der Waals surface area contributed by atoms with Crippen LogP contribution in [0.3, 0.4) is 0 Å². The third-order valence-corrected chi connectivity index (χ3v) is 4.30. The quantitative estimate of drug-likeness (QED) is 0.611. The first-order valence-electron chi connectivity index (χ1n) is 9.16. The average molecular weight is 374 g/mol. The number of carbonyl (C=O) groups excluding carboxylic acids is 1. The first-order valence-corrected chi connectivity index (χ1v) is 9.16. The molecule has 0 spiro atoms. The first-order chi connectivity index (χ1) is 13.7. The Hall–Kier alpha value is -3.36. The number of furan rings is 1. The largest absolute Gasteiger partial charge is 0.467 e. The van der Waals surface area contributed by atoms with Crippen LogP contribution in [0.25, 0.3) is 0 Å². The van der Waals surface area contributed by atoms with Crippen molar-refractivity contribution in [1.82, 2.24) is 5.32 Å². The van der Waals surface area contributed by atoms with Crippen LogP contribution >= 0.6 is 0 Å². The van der Waals surface area contributed by atoms with Gasteiger partial charge >= 0.3 is 0 Å². The predicted octanol–water partition coefficient (Wildman–Crippen LogP) is 4.12. The number of rotatable bonds is 9. The molecule has 1 aromatic heterocycles. The van der Waals surface area contributed by atoms with E-state index in [0.29, 0.717) is 38.2 Å². The molecule has 1 N–H and O–H groups in total. The summed E-state index contributed by atoms with van der Waals surface area (Å²) in [6.45, 7) is 1.41. The summed E-state index contributed by atoms with van der Waals surface area (Å²) >= 11 is 0. The van der Waals surface area contributed by atoms with E-state index in [1.807, 2.05) is 48.5 Å². The molecule has 0 radical (unpaired) electrons. The Bertz CT molecular complexity index is 925. The lowest BCUT2D eigenvalue weighted by Gasteiger charge is -2.08. The maximum atomic E-state index is 12.1. The lowest BCUT2D eigenvalue weighted by molar-refractivity contribution is -0.121. The second-order valence-electron chi connectivity index (χ2n) is 6.48. The van der Waals surface area contributed by atoms with E-state index < -0.39 is 0 Å². The summed E-state index contributed by atoms with van der Waals surface area (Å²) in [6.07, 6.45) is 2.69. The molecule has 2 aromatic carbocycles. The molecule has 0 unspecified atom stereocenters. The van der Waals surface area contributed by atoms with Gasteiger partial charge in [-0.15, -0.1) is 0 Å². The normalized spacial score (nSPS) is 10.4. The summed E-state index contributed by atoms with van der Waals surface area (Å²) in [5.41, 5.74) is 3.76. The molecule has 1 heterocycles. The number of benzene rings is 2. The van der Waals surface area contributed by atoms with Gasteiger partial charge in [-0.3, -0.25) is 4.79 Å². The topological polar surface area (TPSA) is 75.3 Å². The van der Waals surface area contributed by atoms with Gasteiger partial charge in [0.05, 0.1) is 24.5 Å². The number of nitriles is 1. The highest BCUT2D eigenvalue weighted by Gasteiger charge is 2.04. The molecule has 0 aliphatic rings. The molecule has 0 aliphatic heterocycles. The third kappa shape index (κ3) is 6.11. The van der Waals surface area contributed by atoms with Crippen molar-refractivity contribution in [1.29, 1.82) is 5.26 Å². The van der Waals surface area contributed by atoms with Crippen LogP contribution in [-0.4, -0.2) is 5.91 Å². The zero-order valence-corrected chi connectivity index (χ0v) is 15.6. The molecule has 0 fully saturated rings. The number of hydrogen-bond donors (Lipinski definition) is 1. The second-order valence-corrected chi connectivity index (χ2v) is 6.48. The van der Waals surface area contributed by atoms with Gasteiger partial charge in [-0.05, 0) is 47.4 Å². The molecule has 3 aromatic rings. The number of amides is 1. The standard InChI is InChI=1S/C23H22N2O3/c24-14-19-8-6-18(7-9-19)10-11-23(26)25-15-20-3-1-4-21(13-20)16-27-17-22-5-2-12-28-22/h1-9,12-13H,10-11,15-17H2,(H,25,26). The van der Waals surface area contributed by atoms with Crippen molar-refractivity contribution in [2.45, 2.75) is 32.6 Å². The fraction of sp³-hybridized carbons (Fsp3) is 0.217. The van der Waals surface area contributed by atoms with Crippen molar-refractivity contribution in [3.63, 3.8) is 0 Å². The minimum atomic E-state index is 0.00355. The molecule has 0 bridgehead atoms. The molecule has 1 amide bonds. The summed E-state index contributed by atoms with van der Waals surface area (Å²) in [5, 5.41) is 11.8. The fourth-order valence-corrected chi connectivity index (χ4v) is 2.79. The Morgan fingerprint density at radius 1 is 1.00 bits per heavy atom. The number of nitrogens with one attached hydrogen (secondary N) is 1. The van der Waals surface area contributed by atoms with E-state index in [1.165, 1.54) is 0 Å². The molecule has 5 heteroatoms. The zero-order valence-electron chi connectivity index (χ0n) is 15.6. The fourth-order valence-electron chi connectivity index (χ4n) is 2.79. The van der Waals surface area contributed by atoms with E-state index in [9.17, 15) is 4.79 Å². The van der Waals surface area contributed by atoms with Gasteiger partial charge in [-0.25, -0.2) is 0 Å². The van der Waals surface area contributed by atoms with Gasteiger partial charge in [0.1, 0.15) is 12.4 Å². The molecule has 28 heavy (non-hydrogen) atoms. The van der Waals surface area contributed by atoms with Gasteiger partial charge in [0, 0.05) is 13.0 Å². The van der Waals surface area contributed by atoms with Gasteiger partial charge in [-0.1, -0.05) is 36.4 Å². The third-order valence-electron chi connectivity index (χ3n) is 4.30. The summed E-state index contributed by atoms with van der Waals surface area (Å²) in [7, 11) is 0. The summed E-state index contributed by atoms with van der Waals surface area (Å²) in [5.74, 6) is 0.800. The first kappa shape index (κ1) is 19.4. The van der Waals surface area contributed by atoms with Crippen LogP contribution in [0, 0.1) is 11.3 Å². The zero-order chi connectivity index (χ0) is 19.6. The van der Waals surface area contributed by atoms with E-state index in [4.69, 9.17) is 14.4 Å². The van der Waals surface area contributed by atoms with Gasteiger partial charge in [0.15, 0.2) is 0 Å². The van der Waals surface area contributed by atoms with Crippen molar-refractivity contribution in [3.8, 4) is 6.07 Å². The second kappa shape index (κ2) is 10.1. The minimum Gasteiger partial charge on any atom is -0.467 e. The van der Waals surface area contributed by atoms with Crippen LogP contribution in [0.2, 0.25) is 0 Å². The van der Waals surface area contributed by atoms with E-state index >= 15 is 0 Å². The van der Waals surface area contributed by atoms with Crippen molar-refractivity contribution in [2.75, 3.05) is 0 Å². The highest BCUT2D eigenvalue weighted by atomic mass is 16.5. The Kier molecular flexibility index (Phi) is 7.00.